The van der Waals surface area contributed by atoms with Gasteiger partial charge in [0.25, 0.3) is 0 Å². The van der Waals surface area contributed by atoms with Crippen molar-refractivity contribution in [3.8, 4) is 0 Å². The second-order valence-corrected chi connectivity index (χ2v) is 13.7. The average molecular weight is 442 g/mol. The first-order valence-corrected chi connectivity index (χ1v) is 14.5. The van der Waals surface area contributed by atoms with Crippen LogP contribution < -0.4 is 10.6 Å². The standard InChI is InChI=1S/C26H37NOP2/c1-22(28-30(25-17-9-10-18-25)26-19-11-12-20-26)21-27(2)29(23-13-5-3-6-14-23)24-15-7-4-8-16-24/h3-8,13-16,22,25-26H,9-12,17-21H2,1-2H3/t22-/m0/s1. The summed E-state index contributed by atoms with van der Waals surface area (Å²) >= 11 is 0. The number of hydrogen-bond acceptors (Lipinski definition) is 2. The molecule has 2 fully saturated rings. The lowest BCUT2D eigenvalue weighted by atomic mass is 10.4. The van der Waals surface area contributed by atoms with Crippen molar-refractivity contribution >= 4 is 26.8 Å². The Morgan fingerprint density at radius 3 is 1.67 bits per heavy atom. The Hall–Kier alpha value is -0.780. The van der Waals surface area contributed by atoms with Crippen LogP contribution in [0.25, 0.3) is 0 Å². The van der Waals surface area contributed by atoms with E-state index in [0.29, 0.717) is 6.10 Å². The van der Waals surface area contributed by atoms with Crippen LogP contribution in [0.2, 0.25) is 0 Å². The van der Waals surface area contributed by atoms with Crippen LogP contribution in [0.4, 0.5) is 0 Å². The lowest BCUT2D eigenvalue weighted by Crippen LogP contribution is -2.32. The summed E-state index contributed by atoms with van der Waals surface area (Å²) in [5.74, 6) is 0. The summed E-state index contributed by atoms with van der Waals surface area (Å²) in [4.78, 5) is 0. The maximum atomic E-state index is 6.94. The minimum Gasteiger partial charge on any atom is -0.354 e. The van der Waals surface area contributed by atoms with Crippen molar-refractivity contribution in [1.82, 2.24) is 4.67 Å². The zero-order valence-corrected chi connectivity index (χ0v) is 20.4. The highest BCUT2D eigenvalue weighted by Crippen LogP contribution is 2.58. The Morgan fingerprint density at radius 2 is 1.23 bits per heavy atom. The second kappa shape index (κ2) is 11.2. The van der Waals surface area contributed by atoms with Crippen LogP contribution in [0.5, 0.6) is 0 Å². The molecule has 0 spiro atoms. The molecule has 0 heterocycles. The highest BCUT2D eigenvalue weighted by Gasteiger charge is 2.35. The summed E-state index contributed by atoms with van der Waals surface area (Å²) in [7, 11) is 1.48. The fraction of sp³-hybridized carbons (Fsp3) is 0.538. The maximum Gasteiger partial charge on any atom is 0.0720 e. The minimum atomic E-state index is -0.530. The molecule has 2 aromatic rings. The van der Waals surface area contributed by atoms with Gasteiger partial charge >= 0.3 is 0 Å². The maximum absolute atomic E-state index is 6.94. The van der Waals surface area contributed by atoms with Crippen molar-refractivity contribution in [1.29, 1.82) is 0 Å². The molecule has 2 aromatic carbocycles. The summed E-state index contributed by atoms with van der Waals surface area (Å²) in [6.07, 6.45) is 11.6. The summed E-state index contributed by atoms with van der Waals surface area (Å²) < 4.78 is 9.50. The zero-order valence-electron chi connectivity index (χ0n) is 18.6. The predicted octanol–water partition coefficient (Wildman–Crippen LogP) is 6.65. The average Bonchev–Trinajstić information content (AvgIpc) is 3.48. The van der Waals surface area contributed by atoms with Crippen molar-refractivity contribution in [3.05, 3.63) is 60.7 Å². The van der Waals surface area contributed by atoms with E-state index < -0.39 is 8.07 Å². The van der Waals surface area contributed by atoms with E-state index in [0.717, 1.165) is 17.9 Å². The summed E-state index contributed by atoms with van der Waals surface area (Å²) in [5.41, 5.74) is 1.72. The third kappa shape index (κ3) is 5.72. The molecule has 0 N–H and O–H groups in total. The minimum absolute atomic E-state index is 0.280. The van der Waals surface area contributed by atoms with Crippen LogP contribution in [0.1, 0.15) is 58.3 Å². The molecule has 0 bridgehead atoms. The molecule has 0 amide bonds. The van der Waals surface area contributed by atoms with Gasteiger partial charge in [0.1, 0.15) is 0 Å². The molecule has 2 aliphatic carbocycles. The quantitative estimate of drug-likeness (QED) is 0.404. The Balaban J connectivity index is 1.46. The van der Waals surface area contributed by atoms with E-state index >= 15 is 0 Å². The number of likely N-dealkylation sites (N-methyl/N-ethyl adjacent to an activating group) is 1. The van der Waals surface area contributed by atoms with E-state index in [1.54, 1.807) is 0 Å². The fourth-order valence-electron chi connectivity index (χ4n) is 5.16. The van der Waals surface area contributed by atoms with E-state index in [-0.39, 0.29) is 8.15 Å². The van der Waals surface area contributed by atoms with Gasteiger partial charge in [0, 0.05) is 34.1 Å². The molecule has 4 rings (SSSR count). The molecule has 0 saturated heterocycles. The highest BCUT2D eigenvalue weighted by molar-refractivity contribution is 7.70. The third-order valence-electron chi connectivity index (χ3n) is 6.54. The summed E-state index contributed by atoms with van der Waals surface area (Å²) in [6.45, 7) is 3.31. The van der Waals surface area contributed by atoms with Crippen LogP contribution in [0, 0.1) is 0 Å². The van der Waals surface area contributed by atoms with E-state index in [9.17, 15) is 0 Å². The van der Waals surface area contributed by atoms with E-state index in [4.69, 9.17) is 4.52 Å². The van der Waals surface area contributed by atoms with Gasteiger partial charge in [0.05, 0.1) is 6.10 Å². The smallest absolute Gasteiger partial charge is 0.0720 e. The predicted molar refractivity (Wildman–Crippen MR) is 134 cm³/mol. The van der Waals surface area contributed by atoms with Crippen molar-refractivity contribution in [3.63, 3.8) is 0 Å². The molecule has 0 aliphatic heterocycles. The Kier molecular flexibility index (Phi) is 8.36. The molecule has 2 nitrogen and oxygen atoms in total. The van der Waals surface area contributed by atoms with Gasteiger partial charge in [0.15, 0.2) is 0 Å². The molecule has 0 unspecified atom stereocenters. The van der Waals surface area contributed by atoms with Crippen molar-refractivity contribution in [2.75, 3.05) is 13.6 Å². The number of nitrogens with zero attached hydrogens (tertiary/aromatic N) is 1. The second-order valence-electron chi connectivity index (χ2n) is 8.98. The molecule has 0 radical (unpaired) electrons. The molecule has 2 saturated carbocycles. The van der Waals surface area contributed by atoms with Crippen molar-refractivity contribution in [2.45, 2.75) is 75.7 Å². The first kappa shape index (κ1) is 22.4. The summed E-state index contributed by atoms with van der Waals surface area (Å²) in [5, 5.41) is 2.84. The molecular formula is C26H37NOP2. The number of rotatable bonds is 9. The molecule has 1 atom stereocenters. The number of benzene rings is 2. The van der Waals surface area contributed by atoms with Crippen LogP contribution in [0.15, 0.2) is 60.7 Å². The molecule has 162 valence electrons. The topological polar surface area (TPSA) is 12.5 Å². The van der Waals surface area contributed by atoms with Gasteiger partial charge in [-0.15, -0.1) is 0 Å². The molecule has 0 aromatic heterocycles. The Bertz CT molecular complexity index is 689. The van der Waals surface area contributed by atoms with Gasteiger partial charge in [-0.25, -0.2) is 0 Å². The molecular weight excluding hydrogens is 404 g/mol. The van der Waals surface area contributed by atoms with E-state index in [1.807, 2.05) is 0 Å². The van der Waals surface area contributed by atoms with Gasteiger partial charge in [-0.1, -0.05) is 86.3 Å². The van der Waals surface area contributed by atoms with Gasteiger partial charge in [-0.2, -0.15) is 0 Å². The Morgan fingerprint density at radius 1 is 0.800 bits per heavy atom. The van der Waals surface area contributed by atoms with Gasteiger partial charge in [0.2, 0.25) is 0 Å². The Labute approximate surface area is 186 Å². The number of hydrogen-bond donors (Lipinski definition) is 0. The lowest BCUT2D eigenvalue weighted by molar-refractivity contribution is 0.214. The van der Waals surface area contributed by atoms with Crippen LogP contribution in [0.3, 0.4) is 0 Å². The van der Waals surface area contributed by atoms with Crippen LogP contribution in [-0.4, -0.2) is 35.7 Å². The molecule has 2 aliphatic rings. The lowest BCUT2D eigenvalue weighted by Gasteiger charge is -2.35. The van der Waals surface area contributed by atoms with Crippen LogP contribution in [-0.2, 0) is 4.52 Å². The largest absolute Gasteiger partial charge is 0.354 e. The normalized spacial score (nSPS) is 19.4. The SMILES string of the molecule is C[C@@H](CN(C)P(c1ccccc1)c1ccccc1)OP(C1CCCC1)C1CCCC1. The third-order valence-corrected chi connectivity index (χ3v) is 12.0. The zero-order chi connectivity index (χ0) is 20.8. The van der Waals surface area contributed by atoms with Crippen molar-refractivity contribution < 1.29 is 4.52 Å². The molecule has 30 heavy (non-hydrogen) atoms. The first-order valence-electron chi connectivity index (χ1n) is 11.8. The fourth-order valence-corrected chi connectivity index (χ4v) is 10.7. The van der Waals surface area contributed by atoms with Gasteiger partial charge in [-0.3, -0.25) is 4.67 Å². The highest BCUT2D eigenvalue weighted by atomic mass is 31.1. The monoisotopic (exact) mass is 441 g/mol. The first-order chi connectivity index (χ1) is 14.7. The van der Waals surface area contributed by atoms with Gasteiger partial charge < -0.3 is 4.52 Å². The van der Waals surface area contributed by atoms with Crippen molar-refractivity contribution in [2.24, 2.45) is 0 Å². The van der Waals surface area contributed by atoms with E-state index in [2.05, 4.69) is 79.3 Å². The van der Waals surface area contributed by atoms with Gasteiger partial charge in [-0.05, 0) is 50.3 Å². The molecule has 4 heteroatoms. The van der Waals surface area contributed by atoms with Crippen LogP contribution >= 0.6 is 16.2 Å². The summed E-state index contributed by atoms with van der Waals surface area (Å²) in [6, 6.07) is 22.0. The van der Waals surface area contributed by atoms with E-state index in [1.165, 1.54) is 62.0 Å².